The van der Waals surface area contributed by atoms with Crippen LogP contribution in [0.2, 0.25) is 5.02 Å². The van der Waals surface area contributed by atoms with E-state index in [1.165, 1.54) is 23.9 Å². The molecule has 2 aromatic carbocycles. The highest BCUT2D eigenvalue weighted by Crippen LogP contribution is 2.31. The lowest BCUT2D eigenvalue weighted by atomic mass is 10.1. The first-order valence-electron chi connectivity index (χ1n) is 9.03. The van der Waals surface area contributed by atoms with Crippen LogP contribution in [0.5, 0.6) is 5.75 Å². The number of hydrogen-bond acceptors (Lipinski definition) is 6. The molecule has 0 aliphatic carbocycles. The highest BCUT2D eigenvalue weighted by molar-refractivity contribution is 7.98. The number of aromatic nitrogens is 3. The Labute approximate surface area is 176 Å². The van der Waals surface area contributed by atoms with Crippen LogP contribution in [0.25, 0.3) is 22.4 Å². The van der Waals surface area contributed by atoms with E-state index in [1.54, 1.807) is 0 Å². The van der Waals surface area contributed by atoms with Crippen molar-refractivity contribution in [3.05, 3.63) is 69.0 Å². The Bertz CT molecular complexity index is 1250. The van der Waals surface area contributed by atoms with Crippen LogP contribution in [0.1, 0.15) is 18.1 Å². The van der Waals surface area contributed by atoms with Crippen molar-refractivity contribution in [1.29, 1.82) is 0 Å². The Hall–Kier alpha value is -2.77. The number of thioether (sulfide) groups is 1. The molecule has 4 rings (SSSR count). The van der Waals surface area contributed by atoms with E-state index in [2.05, 4.69) is 10.2 Å². The van der Waals surface area contributed by atoms with Gasteiger partial charge in [0.25, 0.3) is 0 Å². The van der Waals surface area contributed by atoms with Crippen molar-refractivity contribution < 1.29 is 9.52 Å². The molecule has 0 saturated carbocycles. The Balaban J connectivity index is 1.65. The standard InChI is InChI=1S/C21H18ClN3O3S/c1-3-12-8-16-14(9-19(27)28-18(16)10-17(12)26)11-29-21-24-23-20(25(21)2)13-4-6-15(22)7-5-13/h4-10,26H,3,11H2,1-2H3. The van der Waals surface area contributed by atoms with Crippen molar-refractivity contribution in [2.45, 2.75) is 24.3 Å². The molecule has 1 N–H and O–H groups in total. The van der Waals surface area contributed by atoms with Crippen molar-refractivity contribution >= 4 is 34.3 Å². The van der Waals surface area contributed by atoms with Gasteiger partial charge >= 0.3 is 5.63 Å². The fourth-order valence-corrected chi connectivity index (χ4v) is 4.17. The summed E-state index contributed by atoms with van der Waals surface area (Å²) in [4.78, 5) is 12.0. The molecule has 2 heterocycles. The fourth-order valence-electron chi connectivity index (χ4n) is 3.14. The van der Waals surface area contributed by atoms with Gasteiger partial charge in [-0.15, -0.1) is 10.2 Å². The number of benzene rings is 2. The van der Waals surface area contributed by atoms with Crippen molar-refractivity contribution in [2.24, 2.45) is 7.05 Å². The Morgan fingerprint density at radius 3 is 2.62 bits per heavy atom. The van der Waals surface area contributed by atoms with Crippen molar-refractivity contribution in [2.75, 3.05) is 0 Å². The zero-order valence-electron chi connectivity index (χ0n) is 15.8. The number of aromatic hydroxyl groups is 1. The molecule has 0 unspecified atom stereocenters. The molecule has 148 valence electrons. The van der Waals surface area contributed by atoms with Crippen molar-refractivity contribution in [3.8, 4) is 17.1 Å². The Morgan fingerprint density at radius 2 is 1.90 bits per heavy atom. The second-order valence-corrected chi connectivity index (χ2v) is 7.96. The molecule has 6 nitrogen and oxygen atoms in total. The monoisotopic (exact) mass is 427 g/mol. The molecular formula is C21H18ClN3O3S. The van der Waals surface area contributed by atoms with Gasteiger partial charge in [-0.2, -0.15) is 0 Å². The third kappa shape index (κ3) is 3.88. The topological polar surface area (TPSA) is 81.2 Å². The summed E-state index contributed by atoms with van der Waals surface area (Å²) in [6, 6.07) is 12.3. The number of phenols is 1. The molecule has 0 aliphatic rings. The number of nitrogens with zero attached hydrogens (tertiary/aromatic N) is 3. The van der Waals surface area contributed by atoms with Gasteiger partial charge in [0.1, 0.15) is 11.3 Å². The molecule has 0 aliphatic heterocycles. The van der Waals surface area contributed by atoms with Crippen molar-refractivity contribution in [1.82, 2.24) is 14.8 Å². The van der Waals surface area contributed by atoms with Gasteiger partial charge in [-0.05, 0) is 47.9 Å². The maximum Gasteiger partial charge on any atom is 0.336 e. The first kappa shape index (κ1) is 19.5. The van der Waals surface area contributed by atoms with E-state index in [9.17, 15) is 9.90 Å². The van der Waals surface area contributed by atoms with Gasteiger partial charge in [-0.25, -0.2) is 4.79 Å². The molecule has 4 aromatic rings. The van der Waals surface area contributed by atoms with E-state index in [1.807, 2.05) is 48.9 Å². The molecule has 0 radical (unpaired) electrons. The van der Waals surface area contributed by atoms with Gasteiger partial charge in [-0.1, -0.05) is 30.3 Å². The van der Waals surface area contributed by atoms with Gasteiger partial charge < -0.3 is 14.1 Å². The summed E-state index contributed by atoms with van der Waals surface area (Å²) in [6.45, 7) is 1.96. The number of rotatable bonds is 5. The van der Waals surface area contributed by atoms with E-state index in [-0.39, 0.29) is 5.75 Å². The second kappa shape index (κ2) is 7.93. The fraction of sp³-hybridized carbons (Fsp3) is 0.190. The minimum atomic E-state index is -0.448. The molecule has 0 bridgehead atoms. The quantitative estimate of drug-likeness (QED) is 0.364. The summed E-state index contributed by atoms with van der Waals surface area (Å²) in [5.41, 5.74) is 2.48. The molecule has 0 fully saturated rings. The van der Waals surface area contributed by atoms with E-state index in [0.29, 0.717) is 22.8 Å². The number of hydrogen-bond donors (Lipinski definition) is 1. The van der Waals surface area contributed by atoms with Crippen LogP contribution in [0.15, 0.2) is 56.8 Å². The van der Waals surface area contributed by atoms with Gasteiger partial charge in [0.15, 0.2) is 11.0 Å². The lowest BCUT2D eigenvalue weighted by Crippen LogP contribution is -2.01. The predicted molar refractivity (Wildman–Crippen MR) is 115 cm³/mol. The largest absolute Gasteiger partial charge is 0.508 e. The summed E-state index contributed by atoms with van der Waals surface area (Å²) in [5, 5.41) is 20.8. The van der Waals surface area contributed by atoms with Gasteiger partial charge in [0.2, 0.25) is 0 Å². The molecular weight excluding hydrogens is 410 g/mol. The number of fused-ring (bicyclic) bond motifs is 1. The van der Waals surface area contributed by atoms with Crippen LogP contribution in [-0.4, -0.2) is 19.9 Å². The minimum absolute atomic E-state index is 0.133. The van der Waals surface area contributed by atoms with Crippen LogP contribution < -0.4 is 5.63 Å². The van der Waals surface area contributed by atoms with Crippen LogP contribution in [0, 0.1) is 0 Å². The molecule has 0 atom stereocenters. The van der Waals surface area contributed by atoms with Crippen LogP contribution >= 0.6 is 23.4 Å². The van der Waals surface area contributed by atoms with E-state index >= 15 is 0 Å². The third-order valence-corrected chi connectivity index (χ3v) is 6.03. The van der Waals surface area contributed by atoms with Crippen LogP contribution in [-0.2, 0) is 19.2 Å². The number of phenolic OH excluding ortho intramolecular Hbond substituents is 1. The lowest BCUT2D eigenvalue weighted by molar-refractivity contribution is 0.466. The molecule has 0 amide bonds. The highest BCUT2D eigenvalue weighted by Gasteiger charge is 2.14. The zero-order chi connectivity index (χ0) is 20.5. The average Bonchev–Trinajstić information content (AvgIpc) is 3.06. The molecule has 2 aromatic heterocycles. The molecule has 0 saturated heterocycles. The van der Waals surface area contributed by atoms with E-state index < -0.39 is 5.63 Å². The smallest absolute Gasteiger partial charge is 0.336 e. The highest BCUT2D eigenvalue weighted by atomic mass is 35.5. The predicted octanol–water partition coefficient (Wildman–Crippen LogP) is 4.80. The van der Waals surface area contributed by atoms with Gasteiger partial charge in [0.05, 0.1) is 0 Å². The first-order valence-corrected chi connectivity index (χ1v) is 10.4. The van der Waals surface area contributed by atoms with Gasteiger partial charge in [-0.3, -0.25) is 0 Å². The SMILES string of the molecule is CCc1cc2c(CSc3nnc(-c4ccc(Cl)cc4)n3C)cc(=O)oc2cc1O. The summed E-state index contributed by atoms with van der Waals surface area (Å²) < 4.78 is 7.17. The summed E-state index contributed by atoms with van der Waals surface area (Å²) in [6.07, 6.45) is 0.682. The zero-order valence-corrected chi connectivity index (χ0v) is 17.4. The van der Waals surface area contributed by atoms with Gasteiger partial charge in [0, 0.05) is 40.9 Å². The normalized spacial score (nSPS) is 11.3. The molecule has 0 spiro atoms. The average molecular weight is 428 g/mol. The third-order valence-electron chi connectivity index (χ3n) is 4.70. The van der Waals surface area contributed by atoms with Crippen LogP contribution in [0.3, 0.4) is 0 Å². The summed E-state index contributed by atoms with van der Waals surface area (Å²) >= 11 is 7.44. The number of aryl methyl sites for hydroxylation is 1. The van der Waals surface area contributed by atoms with Crippen molar-refractivity contribution in [3.63, 3.8) is 0 Å². The van der Waals surface area contributed by atoms with E-state index in [0.717, 1.165) is 33.1 Å². The molecule has 8 heteroatoms. The second-order valence-electron chi connectivity index (χ2n) is 6.58. The Morgan fingerprint density at radius 1 is 1.14 bits per heavy atom. The lowest BCUT2D eigenvalue weighted by Gasteiger charge is -2.09. The Kier molecular flexibility index (Phi) is 5.34. The van der Waals surface area contributed by atoms with E-state index in [4.69, 9.17) is 16.0 Å². The van der Waals surface area contributed by atoms with Crippen LogP contribution in [0.4, 0.5) is 0 Å². The first-order chi connectivity index (χ1) is 14.0. The minimum Gasteiger partial charge on any atom is -0.508 e. The summed E-state index contributed by atoms with van der Waals surface area (Å²) in [7, 11) is 1.90. The maximum atomic E-state index is 12.0. The summed E-state index contributed by atoms with van der Waals surface area (Å²) in [5.74, 6) is 1.39. The molecule has 29 heavy (non-hydrogen) atoms. The number of halogens is 1. The maximum absolute atomic E-state index is 12.0.